The van der Waals surface area contributed by atoms with Gasteiger partial charge >= 0.3 is 0 Å². The van der Waals surface area contributed by atoms with E-state index in [0.29, 0.717) is 0 Å². The third kappa shape index (κ3) is 3.28. The minimum Gasteiger partial charge on any atom is -0.456 e. The Morgan fingerprint density at radius 3 is 2.18 bits per heavy atom. The van der Waals surface area contributed by atoms with Crippen molar-refractivity contribution in [1.29, 1.82) is 0 Å². The van der Waals surface area contributed by atoms with Crippen LogP contribution in [0.15, 0.2) is 136 Å². The van der Waals surface area contributed by atoms with E-state index in [1.54, 1.807) is 0 Å². The van der Waals surface area contributed by atoms with Crippen molar-refractivity contribution in [2.24, 2.45) is 7.05 Å². The zero-order valence-corrected chi connectivity index (χ0v) is 24.8. The molecule has 4 heteroatoms. The lowest BCUT2D eigenvalue weighted by molar-refractivity contribution is -0.633. The molecule has 0 N–H and O–H groups in total. The molecule has 0 saturated heterocycles. The number of imidazole rings is 1. The predicted octanol–water partition coefficient (Wildman–Crippen LogP) is 10.5. The van der Waals surface area contributed by atoms with E-state index in [2.05, 4.69) is 138 Å². The average molecular weight is 580 g/mol. The van der Waals surface area contributed by atoms with Crippen LogP contribution in [0.4, 0.5) is 0 Å². The smallest absolute Gasteiger partial charge is 0.298 e. The molecule has 3 heterocycles. The SMILES string of the molecule is Cc1ccc2c(oc3c2ccc2ccc4ccccc4c23)c1-c1n(-c2ccc3c(c2)oc2ccccc23)c2ccccc2[n+]1C. The second-order valence-corrected chi connectivity index (χ2v) is 12.0. The van der Waals surface area contributed by atoms with E-state index in [9.17, 15) is 0 Å². The molecule has 3 aromatic heterocycles. The van der Waals surface area contributed by atoms with Crippen molar-refractivity contribution in [3.05, 3.63) is 133 Å². The first-order valence-electron chi connectivity index (χ1n) is 15.3. The Morgan fingerprint density at radius 1 is 0.556 bits per heavy atom. The van der Waals surface area contributed by atoms with Gasteiger partial charge in [0.1, 0.15) is 28.0 Å². The average Bonchev–Trinajstić information content (AvgIpc) is 3.73. The van der Waals surface area contributed by atoms with Crippen LogP contribution in [-0.2, 0) is 7.05 Å². The lowest BCUT2D eigenvalue weighted by atomic mass is 9.98. The Labute approximate surface area is 257 Å². The van der Waals surface area contributed by atoms with Crippen molar-refractivity contribution in [2.45, 2.75) is 6.92 Å². The topological polar surface area (TPSA) is 35.1 Å². The number of aromatic nitrogens is 2. The van der Waals surface area contributed by atoms with Crippen LogP contribution in [0.2, 0.25) is 0 Å². The summed E-state index contributed by atoms with van der Waals surface area (Å²) in [5.41, 5.74) is 9.14. The molecule has 212 valence electrons. The summed E-state index contributed by atoms with van der Waals surface area (Å²) in [6, 6.07) is 45.2. The maximum absolute atomic E-state index is 7.05. The van der Waals surface area contributed by atoms with Gasteiger partial charge in [-0.15, -0.1) is 0 Å². The molecular formula is C41H27N2O2+. The van der Waals surface area contributed by atoms with E-state index in [1.807, 2.05) is 12.1 Å². The number of para-hydroxylation sites is 3. The van der Waals surface area contributed by atoms with Crippen LogP contribution in [0.3, 0.4) is 0 Å². The highest BCUT2D eigenvalue weighted by atomic mass is 16.3. The molecule has 0 saturated carbocycles. The van der Waals surface area contributed by atoms with Gasteiger partial charge in [0, 0.05) is 33.0 Å². The highest BCUT2D eigenvalue weighted by molar-refractivity contribution is 6.24. The van der Waals surface area contributed by atoms with Crippen molar-refractivity contribution >= 4 is 76.5 Å². The summed E-state index contributed by atoms with van der Waals surface area (Å²) < 4.78 is 18.0. The highest BCUT2D eigenvalue weighted by Gasteiger charge is 2.31. The molecule has 0 aliphatic heterocycles. The fourth-order valence-electron chi connectivity index (χ4n) is 7.47. The maximum Gasteiger partial charge on any atom is 0.298 e. The summed E-state index contributed by atoms with van der Waals surface area (Å²) in [4.78, 5) is 0. The van der Waals surface area contributed by atoms with Gasteiger partial charge in [0.2, 0.25) is 0 Å². The fraction of sp³-hybridized carbons (Fsp3) is 0.0488. The van der Waals surface area contributed by atoms with Gasteiger partial charge in [-0.1, -0.05) is 84.9 Å². The predicted molar refractivity (Wildman–Crippen MR) is 184 cm³/mol. The number of fused-ring (bicyclic) bond motifs is 11. The molecule has 45 heavy (non-hydrogen) atoms. The first kappa shape index (κ1) is 24.6. The van der Waals surface area contributed by atoms with Crippen LogP contribution in [0, 0.1) is 6.92 Å². The van der Waals surface area contributed by atoms with Crippen molar-refractivity contribution in [2.75, 3.05) is 0 Å². The molecule has 0 amide bonds. The van der Waals surface area contributed by atoms with Crippen LogP contribution in [0.25, 0.3) is 93.5 Å². The van der Waals surface area contributed by atoms with Crippen LogP contribution < -0.4 is 4.57 Å². The van der Waals surface area contributed by atoms with Crippen molar-refractivity contribution < 1.29 is 13.4 Å². The number of nitrogens with zero attached hydrogens (tertiary/aromatic N) is 2. The fourth-order valence-corrected chi connectivity index (χ4v) is 7.47. The van der Waals surface area contributed by atoms with Gasteiger partial charge in [-0.2, -0.15) is 4.57 Å². The third-order valence-electron chi connectivity index (χ3n) is 9.58. The van der Waals surface area contributed by atoms with E-state index in [-0.39, 0.29) is 0 Å². The largest absolute Gasteiger partial charge is 0.456 e. The molecule has 0 radical (unpaired) electrons. The Balaban J connectivity index is 1.33. The molecular weight excluding hydrogens is 552 g/mol. The Kier molecular flexibility index (Phi) is 4.82. The van der Waals surface area contributed by atoms with Gasteiger partial charge in [-0.05, 0) is 65.0 Å². The first-order chi connectivity index (χ1) is 22.2. The summed E-state index contributed by atoms with van der Waals surface area (Å²) in [5, 5.41) is 9.24. The number of hydrogen-bond donors (Lipinski definition) is 0. The minimum atomic E-state index is 0.872. The van der Waals surface area contributed by atoms with Gasteiger partial charge in [0.05, 0.1) is 7.05 Å². The Morgan fingerprint density at radius 2 is 1.24 bits per heavy atom. The summed E-state index contributed by atoms with van der Waals surface area (Å²) in [7, 11) is 2.15. The van der Waals surface area contributed by atoms with Crippen LogP contribution >= 0.6 is 0 Å². The summed E-state index contributed by atoms with van der Waals surface area (Å²) in [6.45, 7) is 2.18. The zero-order chi connectivity index (χ0) is 29.8. The normalized spacial score (nSPS) is 12.2. The molecule has 4 nitrogen and oxygen atoms in total. The minimum absolute atomic E-state index is 0.872. The van der Waals surface area contributed by atoms with Gasteiger partial charge in [0.25, 0.3) is 5.82 Å². The van der Waals surface area contributed by atoms with Gasteiger partial charge in [-0.3, -0.25) is 0 Å². The number of benzene rings is 7. The number of hydrogen-bond acceptors (Lipinski definition) is 2. The molecule has 0 unspecified atom stereocenters. The highest BCUT2D eigenvalue weighted by Crippen LogP contribution is 2.43. The van der Waals surface area contributed by atoms with E-state index in [4.69, 9.17) is 8.83 Å². The molecule has 0 atom stereocenters. The molecule has 0 spiro atoms. The standard InChI is InChI=1S/C41H27N2O2/c1-24-15-20-31-32-21-18-26-17-16-25-9-3-4-10-28(25)38(26)40(32)45-39(31)37(24)41-42(2)33-12-6-7-13-34(33)43(41)27-19-22-30-29-11-5-8-14-35(29)44-36(30)23-27/h3-23H,1-2H3/q+1. The summed E-state index contributed by atoms with van der Waals surface area (Å²) in [6.07, 6.45) is 0. The van der Waals surface area contributed by atoms with Crippen molar-refractivity contribution in [3.8, 4) is 17.1 Å². The van der Waals surface area contributed by atoms with Crippen LogP contribution in [0.1, 0.15) is 5.56 Å². The number of aryl methyl sites for hydroxylation is 2. The molecule has 7 aromatic carbocycles. The molecule has 10 aromatic rings. The monoisotopic (exact) mass is 579 g/mol. The molecule has 0 bridgehead atoms. The van der Waals surface area contributed by atoms with Crippen LogP contribution in [0.5, 0.6) is 0 Å². The molecule has 0 fully saturated rings. The van der Waals surface area contributed by atoms with Gasteiger partial charge in [0.15, 0.2) is 16.6 Å². The first-order valence-corrected chi connectivity index (χ1v) is 15.3. The molecule has 10 rings (SSSR count). The van der Waals surface area contributed by atoms with E-state index in [0.717, 1.165) is 82.9 Å². The Bertz CT molecular complexity index is 2850. The van der Waals surface area contributed by atoms with Gasteiger partial charge in [-0.25, -0.2) is 4.57 Å². The lowest BCUT2D eigenvalue weighted by Gasteiger charge is -2.07. The van der Waals surface area contributed by atoms with E-state index in [1.165, 1.54) is 16.2 Å². The number of furan rings is 2. The van der Waals surface area contributed by atoms with E-state index < -0.39 is 0 Å². The van der Waals surface area contributed by atoms with Gasteiger partial charge < -0.3 is 8.83 Å². The van der Waals surface area contributed by atoms with E-state index >= 15 is 0 Å². The second-order valence-electron chi connectivity index (χ2n) is 12.0. The lowest BCUT2D eigenvalue weighted by Crippen LogP contribution is -2.30. The van der Waals surface area contributed by atoms with Crippen molar-refractivity contribution in [3.63, 3.8) is 0 Å². The maximum atomic E-state index is 7.05. The zero-order valence-electron chi connectivity index (χ0n) is 24.8. The molecule has 0 aliphatic rings. The Hall–Kier alpha value is -5.87. The summed E-state index contributed by atoms with van der Waals surface area (Å²) >= 11 is 0. The third-order valence-corrected chi connectivity index (χ3v) is 9.58. The quantitative estimate of drug-likeness (QED) is 0.151. The number of rotatable bonds is 2. The molecule has 0 aliphatic carbocycles. The summed E-state index contributed by atoms with van der Waals surface area (Å²) in [5.74, 6) is 1.06. The van der Waals surface area contributed by atoms with Crippen LogP contribution in [-0.4, -0.2) is 4.57 Å². The van der Waals surface area contributed by atoms with Crippen molar-refractivity contribution in [1.82, 2.24) is 4.57 Å². The second kappa shape index (κ2) is 8.84.